The Kier molecular flexibility index (Phi) is 6.66. The van der Waals surface area contributed by atoms with Gasteiger partial charge in [-0.15, -0.1) is 0 Å². The van der Waals surface area contributed by atoms with Crippen molar-refractivity contribution >= 4 is 11.7 Å². The molecule has 0 saturated carbocycles. The maximum Gasteiger partial charge on any atom is 0.322 e. The monoisotopic (exact) mass is 365 g/mol. The maximum absolute atomic E-state index is 12.8. The van der Waals surface area contributed by atoms with Crippen LogP contribution < -0.4 is 10.1 Å². The van der Waals surface area contributed by atoms with Gasteiger partial charge in [-0.2, -0.15) is 5.26 Å². The number of anilines is 1. The minimum atomic E-state index is -0.259. The van der Waals surface area contributed by atoms with Crippen LogP contribution in [-0.4, -0.2) is 36.7 Å². The van der Waals surface area contributed by atoms with E-state index in [-0.39, 0.29) is 18.6 Å². The van der Waals surface area contributed by atoms with E-state index in [1.165, 1.54) is 0 Å². The van der Waals surface area contributed by atoms with Gasteiger partial charge >= 0.3 is 6.03 Å². The second kappa shape index (κ2) is 9.60. The number of rotatable bonds is 7. The summed E-state index contributed by atoms with van der Waals surface area (Å²) in [6.45, 7) is 1.57. The van der Waals surface area contributed by atoms with Crippen LogP contribution in [-0.2, 0) is 4.74 Å². The lowest BCUT2D eigenvalue weighted by molar-refractivity contribution is 0.0841. The van der Waals surface area contributed by atoms with Crippen molar-refractivity contribution in [1.82, 2.24) is 4.90 Å². The van der Waals surface area contributed by atoms with E-state index in [4.69, 9.17) is 14.7 Å². The second-order valence-electron chi connectivity index (χ2n) is 6.33. The highest BCUT2D eigenvalue weighted by atomic mass is 16.5. The topological polar surface area (TPSA) is 74.6 Å². The Hall–Kier alpha value is -3.04. The van der Waals surface area contributed by atoms with Crippen molar-refractivity contribution in [3.63, 3.8) is 0 Å². The van der Waals surface area contributed by atoms with Crippen LogP contribution in [0.4, 0.5) is 10.5 Å². The van der Waals surface area contributed by atoms with Crippen molar-refractivity contribution in [3.8, 4) is 17.6 Å². The van der Waals surface area contributed by atoms with Crippen molar-refractivity contribution in [3.05, 3.63) is 54.6 Å². The number of nitriles is 1. The van der Waals surface area contributed by atoms with E-state index >= 15 is 0 Å². The molecule has 2 aromatic carbocycles. The normalized spacial score (nSPS) is 15.7. The number of carbonyl (C=O) groups excluding carboxylic acids is 1. The van der Waals surface area contributed by atoms with E-state index in [2.05, 4.69) is 11.4 Å². The molecule has 1 unspecified atom stereocenters. The third kappa shape index (κ3) is 5.47. The van der Waals surface area contributed by atoms with Gasteiger partial charge in [0.25, 0.3) is 0 Å². The Morgan fingerprint density at radius 1 is 1.22 bits per heavy atom. The molecule has 27 heavy (non-hydrogen) atoms. The smallest absolute Gasteiger partial charge is 0.322 e. The number of nitrogens with one attached hydrogen (secondary N) is 1. The number of carbonyl (C=O) groups is 1. The highest BCUT2D eigenvalue weighted by Crippen LogP contribution is 2.29. The first-order valence-electron chi connectivity index (χ1n) is 9.12. The van der Waals surface area contributed by atoms with Crippen molar-refractivity contribution in [1.29, 1.82) is 5.26 Å². The molecule has 1 aliphatic heterocycles. The molecule has 2 aromatic rings. The van der Waals surface area contributed by atoms with Gasteiger partial charge in [-0.05, 0) is 37.1 Å². The summed E-state index contributed by atoms with van der Waals surface area (Å²) in [6.07, 6.45) is 2.25. The molecular weight excluding hydrogens is 342 g/mol. The summed E-state index contributed by atoms with van der Waals surface area (Å²) in [6, 6.07) is 18.5. The largest absolute Gasteiger partial charge is 0.455 e. The number of benzene rings is 2. The molecule has 0 aliphatic carbocycles. The van der Waals surface area contributed by atoms with Gasteiger partial charge in [-0.1, -0.05) is 30.3 Å². The van der Waals surface area contributed by atoms with Gasteiger partial charge < -0.3 is 19.7 Å². The zero-order chi connectivity index (χ0) is 18.9. The zero-order valence-corrected chi connectivity index (χ0v) is 15.1. The van der Waals surface area contributed by atoms with E-state index in [1.54, 1.807) is 11.0 Å². The molecule has 1 N–H and O–H groups in total. The molecular formula is C21H23N3O3. The van der Waals surface area contributed by atoms with Crippen LogP contribution in [0.5, 0.6) is 11.5 Å². The number of para-hydroxylation sites is 3. The lowest BCUT2D eigenvalue weighted by Crippen LogP contribution is -2.40. The third-order valence-corrected chi connectivity index (χ3v) is 4.33. The number of ether oxygens (including phenoxy) is 2. The molecule has 140 valence electrons. The first-order chi connectivity index (χ1) is 13.3. The van der Waals surface area contributed by atoms with Crippen LogP contribution in [0.1, 0.15) is 19.3 Å². The maximum atomic E-state index is 12.8. The van der Waals surface area contributed by atoms with E-state index in [9.17, 15) is 4.79 Å². The van der Waals surface area contributed by atoms with E-state index in [0.29, 0.717) is 30.3 Å². The molecule has 0 bridgehead atoms. The number of hydrogen-bond donors (Lipinski definition) is 1. The van der Waals surface area contributed by atoms with Crippen LogP contribution in [0.25, 0.3) is 0 Å². The van der Waals surface area contributed by atoms with Crippen LogP contribution in [0, 0.1) is 11.3 Å². The summed E-state index contributed by atoms with van der Waals surface area (Å²) < 4.78 is 11.5. The molecule has 6 heteroatoms. The molecule has 6 nitrogen and oxygen atoms in total. The lowest BCUT2D eigenvalue weighted by Gasteiger charge is -2.25. The molecule has 1 fully saturated rings. The Bertz CT molecular complexity index is 783. The molecule has 1 heterocycles. The first-order valence-corrected chi connectivity index (χ1v) is 9.12. The minimum absolute atomic E-state index is 0.0326. The molecule has 2 amide bonds. The first kappa shape index (κ1) is 18.7. The van der Waals surface area contributed by atoms with Gasteiger partial charge in [0.15, 0.2) is 5.75 Å². The van der Waals surface area contributed by atoms with Crippen molar-refractivity contribution < 1.29 is 14.3 Å². The summed E-state index contributed by atoms with van der Waals surface area (Å²) >= 11 is 0. The Morgan fingerprint density at radius 3 is 2.74 bits per heavy atom. The average Bonchev–Trinajstić information content (AvgIpc) is 3.20. The number of nitrogens with zero attached hydrogens (tertiary/aromatic N) is 2. The lowest BCUT2D eigenvalue weighted by atomic mass is 10.2. The van der Waals surface area contributed by atoms with Crippen LogP contribution >= 0.6 is 0 Å². The molecule has 0 spiro atoms. The van der Waals surface area contributed by atoms with Gasteiger partial charge in [0.1, 0.15) is 5.75 Å². The fraction of sp³-hybridized carbons (Fsp3) is 0.333. The van der Waals surface area contributed by atoms with Crippen LogP contribution in [0.15, 0.2) is 54.6 Å². The van der Waals surface area contributed by atoms with Crippen LogP contribution in [0.2, 0.25) is 0 Å². The van der Waals surface area contributed by atoms with Gasteiger partial charge in [0.2, 0.25) is 0 Å². The van der Waals surface area contributed by atoms with Crippen molar-refractivity contribution in [2.75, 3.05) is 25.0 Å². The molecule has 1 atom stereocenters. The highest BCUT2D eigenvalue weighted by Gasteiger charge is 2.23. The molecule has 3 rings (SSSR count). The van der Waals surface area contributed by atoms with E-state index in [1.807, 2.05) is 48.5 Å². The van der Waals surface area contributed by atoms with Crippen LogP contribution in [0.3, 0.4) is 0 Å². The van der Waals surface area contributed by atoms with Crippen molar-refractivity contribution in [2.45, 2.75) is 25.4 Å². The molecule has 0 aromatic heterocycles. The molecule has 0 radical (unpaired) electrons. The Labute approximate surface area is 159 Å². The second-order valence-corrected chi connectivity index (χ2v) is 6.33. The summed E-state index contributed by atoms with van der Waals surface area (Å²) in [4.78, 5) is 14.4. The summed E-state index contributed by atoms with van der Waals surface area (Å²) in [5.74, 6) is 1.26. The quantitative estimate of drug-likeness (QED) is 0.789. The SMILES string of the molecule is N#CCCN(CC1CCCO1)C(=O)Nc1ccccc1Oc1ccccc1. The Morgan fingerprint density at radius 2 is 2.00 bits per heavy atom. The van der Waals surface area contributed by atoms with Gasteiger partial charge in [0.05, 0.1) is 24.3 Å². The number of hydrogen-bond acceptors (Lipinski definition) is 4. The van der Waals surface area contributed by atoms with Gasteiger partial charge in [-0.25, -0.2) is 4.79 Å². The molecule has 1 aliphatic rings. The fourth-order valence-corrected chi connectivity index (χ4v) is 2.96. The Balaban J connectivity index is 1.70. The highest BCUT2D eigenvalue weighted by molar-refractivity contribution is 5.91. The molecule has 1 saturated heterocycles. The van der Waals surface area contributed by atoms with Crippen molar-refractivity contribution in [2.24, 2.45) is 0 Å². The summed E-state index contributed by atoms with van der Waals surface area (Å²) in [5, 5.41) is 11.8. The third-order valence-electron chi connectivity index (χ3n) is 4.33. The van der Waals surface area contributed by atoms with E-state index < -0.39 is 0 Å². The zero-order valence-electron chi connectivity index (χ0n) is 15.1. The predicted molar refractivity (Wildman–Crippen MR) is 103 cm³/mol. The minimum Gasteiger partial charge on any atom is -0.455 e. The fourth-order valence-electron chi connectivity index (χ4n) is 2.96. The van der Waals surface area contributed by atoms with E-state index in [0.717, 1.165) is 19.4 Å². The van der Waals surface area contributed by atoms with Gasteiger partial charge in [0, 0.05) is 19.7 Å². The standard InChI is InChI=1S/C21H23N3O3/c22-13-7-14-24(16-18-10-6-15-26-18)21(25)23-19-11-4-5-12-20(19)27-17-8-2-1-3-9-17/h1-5,8-9,11-12,18H,6-7,10,14-16H2,(H,23,25). The predicted octanol–water partition coefficient (Wildman–Crippen LogP) is 4.41. The summed E-state index contributed by atoms with van der Waals surface area (Å²) in [7, 11) is 0. The summed E-state index contributed by atoms with van der Waals surface area (Å²) in [5.41, 5.74) is 0.584. The number of urea groups is 1. The van der Waals surface area contributed by atoms with Gasteiger partial charge in [-0.3, -0.25) is 0 Å². The number of amides is 2. The average molecular weight is 365 g/mol.